The number of fused-ring (bicyclic) bond motifs is 1. The van der Waals surface area contributed by atoms with Crippen LogP contribution in [0, 0.1) is 0 Å². The van der Waals surface area contributed by atoms with E-state index in [2.05, 4.69) is 25.2 Å². The Balaban J connectivity index is 1.61. The Morgan fingerprint density at radius 1 is 1.35 bits per heavy atom. The van der Waals surface area contributed by atoms with Crippen molar-refractivity contribution in [1.82, 2.24) is 5.32 Å². The van der Waals surface area contributed by atoms with Crippen molar-refractivity contribution in [2.75, 3.05) is 13.4 Å². The van der Waals surface area contributed by atoms with E-state index in [4.69, 9.17) is 14.2 Å². The zero-order valence-electron chi connectivity index (χ0n) is 12.3. The molecule has 2 aliphatic heterocycles. The molecule has 20 heavy (non-hydrogen) atoms. The molecule has 1 N–H and O–H groups in total. The van der Waals surface area contributed by atoms with Gasteiger partial charge in [-0.25, -0.2) is 0 Å². The van der Waals surface area contributed by atoms with Crippen LogP contribution in [0.5, 0.6) is 11.5 Å². The zero-order valence-corrected chi connectivity index (χ0v) is 12.3. The Bertz CT molecular complexity index is 477. The van der Waals surface area contributed by atoms with E-state index in [-0.39, 0.29) is 5.60 Å². The van der Waals surface area contributed by atoms with Crippen molar-refractivity contribution in [2.45, 2.75) is 51.3 Å². The topological polar surface area (TPSA) is 39.7 Å². The van der Waals surface area contributed by atoms with E-state index in [0.29, 0.717) is 12.8 Å². The van der Waals surface area contributed by atoms with E-state index in [1.165, 1.54) is 5.56 Å². The van der Waals surface area contributed by atoms with Gasteiger partial charge in [-0.15, -0.1) is 0 Å². The van der Waals surface area contributed by atoms with Crippen LogP contribution in [-0.4, -0.2) is 25.0 Å². The fraction of sp³-hybridized carbons (Fsp3) is 0.625. The molecule has 0 aromatic heterocycles. The smallest absolute Gasteiger partial charge is 0.231 e. The van der Waals surface area contributed by atoms with Crippen molar-refractivity contribution in [3.05, 3.63) is 23.8 Å². The Morgan fingerprint density at radius 2 is 2.25 bits per heavy atom. The summed E-state index contributed by atoms with van der Waals surface area (Å²) in [6.07, 6.45) is 3.20. The van der Waals surface area contributed by atoms with Gasteiger partial charge >= 0.3 is 0 Å². The first-order chi connectivity index (χ1) is 9.70. The van der Waals surface area contributed by atoms with E-state index in [0.717, 1.165) is 43.9 Å². The number of ether oxygens (including phenoxy) is 3. The Labute approximate surface area is 120 Å². The van der Waals surface area contributed by atoms with Gasteiger partial charge in [-0.1, -0.05) is 19.1 Å². The lowest BCUT2D eigenvalue weighted by molar-refractivity contribution is -0.0781. The summed E-state index contributed by atoms with van der Waals surface area (Å²) in [5.74, 6) is 1.75. The molecule has 0 saturated carbocycles. The maximum absolute atomic E-state index is 5.89. The highest BCUT2D eigenvalue weighted by atomic mass is 16.7. The zero-order chi connectivity index (χ0) is 14.0. The van der Waals surface area contributed by atoms with E-state index < -0.39 is 0 Å². The third-order valence-corrected chi connectivity index (χ3v) is 4.40. The van der Waals surface area contributed by atoms with Gasteiger partial charge in [0.15, 0.2) is 11.5 Å². The molecule has 4 nitrogen and oxygen atoms in total. The van der Waals surface area contributed by atoms with Crippen molar-refractivity contribution in [3.63, 3.8) is 0 Å². The second-order valence-electron chi connectivity index (χ2n) is 5.87. The molecule has 1 aromatic rings. The average molecular weight is 277 g/mol. The van der Waals surface area contributed by atoms with Crippen molar-refractivity contribution < 1.29 is 14.2 Å². The molecule has 2 heterocycles. The molecule has 110 valence electrons. The molecule has 4 heteroatoms. The van der Waals surface area contributed by atoms with Crippen LogP contribution < -0.4 is 14.8 Å². The maximum atomic E-state index is 5.89. The van der Waals surface area contributed by atoms with Crippen molar-refractivity contribution >= 4 is 0 Å². The number of hydrogen-bond donors (Lipinski definition) is 1. The summed E-state index contributed by atoms with van der Waals surface area (Å²) in [7, 11) is 0. The second-order valence-corrected chi connectivity index (χ2v) is 5.87. The van der Waals surface area contributed by atoms with Crippen LogP contribution in [0.2, 0.25) is 0 Å². The summed E-state index contributed by atoms with van der Waals surface area (Å²) in [5.41, 5.74) is 1.19. The molecule has 3 rings (SSSR count). The molecule has 0 bridgehead atoms. The lowest BCUT2D eigenvalue weighted by atomic mass is 9.90. The van der Waals surface area contributed by atoms with E-state index in [1.54, 1.807) is 0 Å². The number of benzene rings is 1. The van der Waals surface area contributed by atoms with E-state index >= 15 is 0 Å². The van der Waals surface area contributed by atoms with Crippen LogP contribution in [0.25, 0.3) is 0 Å². The largest absolute Gasteiger partial charge is 0.454 e. The molecule has 1 saturated heterocycles. The van der Waals surface area contributed by atoms with Gasteiger partial charge in [-0.2, -0.15) is 0 Å². The minimum Gasteiger partial charge on any atom is -0.454 e. The van der Waals surface area contributed by atoms with Crippen LogP contribution in [-0.2, 0) is 11.3 Å². The third kappa shape index (κ3) is 2.76. The molecule has 2 unspecified atom stereocenters. The Morgan fingerprint density at radius 3 is 3.10 bits per heavy atom. The first-order valence-electron chi connectivity index (χ1n) is 7.45. The minimum absolute atomic E-state index is 0.0220. The van der Waals surface area contributed by atoms with Crippen LogP contribution in [0.3, 0.4) is 0 Å². The lowest BCUT2D eigenvalue weighted by Crippen LogP contribution is -2.44. The quantitative estimate of drug-likeness (QED) is 0.918. The molecule has 0 radical (unpaired) electrons. The molecule has 1 fully saturated rings. The van der Waals surface area contributed by atoms with Gasteiger partial charge in [0.25, 0.3) is 0 Å². The molecule has 0 spiro atoms. The van der Waals surface area contributed by atoms with Crippen molar-refractivity contribution in [1.29, 1.82) is 0 Å². The molecular formula is C16H23NO3. The first-order valence-corrected chi connectivity index (χ1v) is 7.45. The summed E-state index contributed by atoms with van der Waals surface area (Å²) in [6, 6.07) is 6.57. The Hall–Kier alpha value is -1.26. The fourth-order valence-corrected chi connectivity index (χ4v) is 2.93. The van der Waals surface area contributed by atoms with Gasteiger partial charge in [0.05, 0.1) is 5.60 Å². The molecular weight excluding hydrogens is 254 g/mol. The van der Waals surface area contributed by atoms with Gasteiger partial charge < -0.3 is 19.5 Å². The average Bonchev–Trinajstić information content (AvgIpc) is 2.94. The van der Waals surface area contributed by atoms with Crippen molar-refractivity contribution in [2.24, 2.45) is 0 Å². The van der Waals surface area contributed by atoms with Gasteiger partial charge in [0.2, 0.25) is 6.79 Å². The van der Waals surface area contributed by atoms with Gasteiger partial charge in [0.1, 0.15) is 0 Å². The Kier molecular flexibility index (Phi) is 3.85. The monoisotopic (exact) mass is 277 g/mol. The summed E-state index contributed by atoms with van der Waals surface area (Å²) in [5, 5.41) is 3.64. The van der Waals surface area contributed by atoms with E-state index in [9.17, 15) is 0 Å². The first kappa shape index (κ1) is 13.7. The number of hydrogen-bond acceptors (Lipinski definition) is 4. The van der Waals surface area contributed by atoms with Crippen molar-refractivity contribution in [3.8, 4) is 11.5 Å². The molecule has 2 atom stereocenters. The highest BCUT2D eigenvalue weighted by Gasteiger charge is 2.31. The van der Waals surface area contributed by atoms with Gasteiger partial charge in [0, 0.05) is 24.8 Å². The van der Waals surface area contributed by atoms with Crippen LogP contribution in [0.1, 0.15) is 38.7 Å². The summed E-state index contributed by atoms with van der Waals surface area (Å²) >= 11 is 0. The maximum Gasteiger partial charge on any atom is 0.231 e. The number of rotatable bonds is 4. The van der Waals surface area contributed by atoms with Crippen LogP contribution >= 0.6 is 0 Å². The third-order valence-electron chi connectivity index (χ3n) is 4.40. The molecule has 0 amide bonds. The lowest BCUT2D eigenvalue weighted by Gasteiger charge is -2.38. The normalized spacial score (nSPS) is 28.6. The molecule has 2 aliphatic rings. The predicted octanol–water partition coefficient (Wildman–Crippen LogP) is 2.85. The highest BCUT2D eigenvalue weighted by molar-refractivity contribution is 5.48. The van der Waals surface area contributed by atoms with E-state index in [1.807, 2.05) is 12.1 Å². The predicted molar refractivity (Wildman–Crippen MR) is 77.1 cm³/mol. The second kappa shape index (κ2) is 5.62. The SMILES string of the molecule is CCC1(C)CC(NCc2cccc3c2OCO3)CCO1. The minimum atomic E-state index is 0.0220. The van der Waals surface area contributed by atoms with Gasteiger partial charge in [-0.05, 0) is 32.3 Å². The number of nitrogens with one attached hydrogen (secondary N) is 1. The highest BCUT2D eigenvalue weighted by Crippen LogP contribution is 2.35. The standard InChI is InChI=1S/C16H23NO3/c1-3-16(2)9-13(7-8-20-16)17-10-12-5-4-6-14-15(12)19-11-18-14/h4-6,13,17H,3,7-11H2,1-2H3. The molecule has 1 aromatic carbocycles. The fourth-order valence-electron chi connectivity index (χ4n) is 2.93. The summed E-state index contributed by atoms with van der Waals surface area (Å²) < 4.78 is 16.8. The summed E-state index contributed by atoms with van der Waals surface area (Å²) in [4.78, 5) is 0. The number of para-hydroxylation sites is 1. The molecule has 0 aliphatic carbocycles. The van der Waals surface area contributed by atoms with Crippen LogP contribution in [0.4, 0.5) is 0 Å². The van der Waals surface area contributed by atoms with Gasteiger partial charge in [-0.3, -0.25) is 0 Å². The van der Waals surface area contributed by atoms with Crippen LogP contribution in [0.15, 0.2) is 18.2 Å². The summed E-state index contributed by atoms with van der Waals surface area (Å²) in [6.45, 7) is 6.39.